The van der Waals surface area contributed by atoms with Crippen LogP contribution in [-0.4, -0.2) is 28.6 Å². The summed E-state index contributed by atoms with van der Waals surface area (Å²) in [6, 6.07) is 4.35. The van der Waals surface area contributed by atoms with Crippen LogP contribution in [0, 0.1) is 13.8 Å². The summed E-state index contributed by atoms with van der Waals surface area (Å²) in [5.41, 5.74) is 0.848. The number of hydrogen-bond acceptors (Lipinski definition) is 4. The van der Waals surface area contributed by atoms with E-state index in [1.807, 2.05) is 0 Å². The molecule has 0 radical (unpaired) electrons. The molecule has 1 aromatic heterocycles. The summed E-state index contributed by atoms with van der Waals surface area (Å²) in [5.74, 6) is -1.54. The first-order valence-electron chi connectivity index (χ1n) is 8.51. The van der Waals surface area contributed by atoms with E-state index in [0.717, 1.165) is 12.1 Å². The van der Waals surface area contributed by atoms with Crippen LogP contribution in [0.1, 0.15) is 57.1 Å². The number of aromatic amines is 1. The SMILES string of the molecule is CC(=O)c1c(C)[nH]c(C(=O)[C@@H](C)OC(=O)Cc2cccc(C(F)(F)F)c2)c1C. The molecule has 2 aromatic rings. The maximum Gasteiger partial charge on any atom is 0.416 e. The normalized spacial score (nSPS) is 12.5. The number of alkyl halides is 3. The molecule has 28 heavy (non-hydrogen) atoms. The molecular weight excluding hydrogens is 375 g/mol. The molecule has 0 aliphatic heterocycles. The number of Topliss-reactive ketones (excluding diaryl/α,β-unsaturated/α-hetero) is 2. The lowest BCUT2D eigenvalue weighted by atomic mass is 10.0. The predicted molar refractivity (Wildman–Crippen MR) is 95.3 cm³/mol. The van der Waals surface area contributed by atoms with E-state index in [4.69, 9.17) is 4.74 Å². The van der Waals surface area contributed by atoms with Gasteiger partial charge in [-0.2, -0.15) is 13.2 Å². The van der Waals surface area contributed by atoms with Gasteiger partial charge < -0.3 is 9.72 Å². The number of carbonyl (C=O) groups excluding carboxylic acids is 3. The van der Waals surface area contributed by atoms with Crippen molar-refractivity contribution in [2.75, 3.05) is 0 Å². The fourth-order valence-electron chi connectivity index (χ4n) is 3.04. The molecule has 2 rings (SSSR count). The molecule has 0 saturated carbocycles. The Morgan fingerprint density at radius 3 is 2.36 bits per heavy atom. The molecule has 0 saturated heterocycles. The zero-order valence-corrected chi connectivity index (χ0v) is 15.9. The second-order valence-electron chi connectivity index (χ2n) is 6.55. The Morgan fingerprint density at radius 2 is 1.82 bits per heavy atom. The molecule has 0 aliphatic carbocycles. The van der Waals surface area contributed by atoms with E-state index in [1.54, 1.807) is 13.8 Å². The highest BCUT2D eigenvalue weighted by atomic mass is 19.4. The summed E-state index contributed by atoms with van der Waals surface area (Å²) in [6.07, 6.45) is -6.07. The van der Waals surface area contributed by atoms with Crippen LogP contribution in [0.4, 0.5) is 13.2 Å². The maximum absolute atomic E-state index is 12.7. The quantitative estimate of drug-likeness (QED) is 0.587. The summed E-state index contributed by atoms with van der Waals surface area (Å²) >= 11 is 0. The van der Waals surface area contributed by atoms with Crippen LogP contribution in [0.25, 0.3) is 0 Å². The van der Waals surface area contributed by atoms with E-state index in [-0.39, 0.29) is 17.0 Å². The zero-order valence-electron chi connectivity index (χ0n) is 15.9. The van der Waals surface area contributed by atoms with Crippen molar-refractivity contribution < 1.29 is 32.3 Å². The van der Waals surface area contributed by atoms with Gasteiger partial charge in [0, 0.05) is 11.3 Å². The first-order chi connectivity index (χ1) is 12.9. The number of halogens is 3. The molecule has 8 heteroatoms. The maximum atomic E-state index is 12.7. The van der Waals surface area contributed by atoms with E-state index in [1.165, 1.54) is 26.0 Å². The first-order valence-corrected chi connectivity index (χ1v) is 8.51. The summed E-state index contributed by atoms with van der Waals surface area (Å²) in [5, 5.41) is 0. The van der Waals surface area contributed by atoms with Crippen molar-refractivity contribution in [3.63, 3.8) is 0 Å². The minimum atomic E-state index is -4.51. The predicted octanol–water partition coefficient (Wildman–Crippen LogP) is 4.21. The molecule has 1 aromatic carbocycles. The van der Waals surface area contributed by atoms with Crippen LogP contribution in [-0.2, 0) is 22.1 Å². The molecule has 1 heterocycles. The van der Waals surface area contributed by atoms with Crippen molar-refractivity contribution in [2.45, 2.75) is 46.4 Å². The smallest absolute Gasteiger partial charge is 0.416 e. The number of nitrogens with one attached hydrogen (secondary N) is 1. The average Bonchev–Trinajstić information content (AvgIpc) is 2.87. The minimum Gasteiger partial charge on any atom is -0.454 e. The summed E-state index contributed by atoms with van der Waals surface area (Å²) in [4.78, 5) is 39.1. The van der Waals surface area contributed by atoms with Gasteiger partial charge in [0.2, 0.25) is 5.78 Å². The molecule has 0 fully saturated rings. The van der Waals surface area contributed by atoms with Gasteiger partial charge in [0.05, 0.1) is 17.7 Å². The third kappa shape index (κ3) is 4.68. The summed E-state index contributed by atoms with van der Waals surface area (Å²) in [6.45, 7) is 6.03. The Labute approximate surface area is 159 Å². The van der Waals surface area contributed by atoms with Crippen LogP contribution in [0.5, 0.6) is 0 Å². The van der Waals surface area contributed by atoms with Crippen molar-refractivity contribution in [2.24, 2.45) is 0 Å². The summed E-state index contributed by atoms with van der Waals surface area (Å²) < 4.78 is 43.3. The topological polar surface area (TPSA) is 76.2 Å². The minimum absolute atomic E-state index is 0.130. The number of carbonyl (C=O) groups is 3. The molecule has 150 valence electrons. The third-order valence-corrected chi connectivity index (χ3v) is 4.32. The van der Waals surface area contributed by atoms with Gasteiger partial charge in [-0.05, 0) is 44.9 Å². The van der Waals surface area contributed by atoms with Gasteiger partial charge in [-0.25, -0.2) is 0 Å². The van der Waals surface area contributed by atoms with E-state index < -0.39 is 36.0 Å². The van der Waals surface area contributed by atoms with Crippen LogP contribution in [0.15, 0.2) is 24.3 Å². The first kappa shape index (κ1) is 21.4. The number of rotatable bonds is 6. The molecule has 1 atom stereocenters. The molecule has 0 unspecified atom stereocenters. The number of esters is 1. The largest absolute Gasteiger partial charge is 0.454 e. The Hall–Kier alpha value is -2.90. The number of aryl methyl sites for hydroxylation is 1. The van der Waals surface area contributed by atoms with E-state index in [0.29, 0.717) is 16.8 Å². The van der Waals surface area contributed by atoms with Crippen molar-refractivity contribution in [1.29, 1.82) is 0 Å². The van der Waals surface area contributed by atoms with Crippen LogP contribution < -0.4 is 0 Å². The number of ether oxygens (including phenoxy) is 1. The number of H-pyrrole nitrogens is 1. The second-order valence-corrected chi connectivity index (χ2v) is 6.55. The monoisotopic (exact) mass is 395 g/mol. The van der Waals surface area contributed by atoms with Crippen molar-refractivity contribution >= 4 is 17.5 Å². The molecule has 0 bridgehead atoms. The lowest BCUT2D eigenvalue weighted by Crippen LogP contribution is -2.26. The van der Waals surface area contributed by atoms with E-state index in [9.17, 15) is 27.6 Å². The Balaban J connectivity index is 2.10. The average molecular weight is 395 g/mol. The van der Waals surface area contributed by atoms with Gasteiger partial charge in [0.25, 0.3) is 0 Å². The van der Waals surface area contributed by atoms with Crippen LogP contribution in [0.2, 0.25) is 0 Å². The fraction of sp³-hybridized carbons (Fsp3) is 0.350. The van der Waals surface area contributed by atoms with Gasteiger partial charge in [-0.3, -0.25) is 14.4 Å². The molecule has 1 N–H and O–H groups in total. The van der Waals surface area contributed by atoms with Crippen LogP contribution >= 0.6 is 0 Å². The lowest BCUT2D eigenvalue weighted by molar-refractivity contribution is -0.145. The zero-order chi connectivity index (χ0) is 21.2. The molecular formula is C20H20F3NO4. The standard InChI is InChI=1S/C20H20F3NO4/c1-10-17(12(3)25)11(2)24-18(10)19(27)13(4)28-16(26)9-14-6-5-7-15(8-14)20(21,22)23/h5-8,13,24H,9H2,1-4H3/t13-/m1/s1. The Kier molecular flexibility index (Phi) is 6.11. The van der Waals surface area contributed by atoms with Crippen molar-refractivity contribution in [3.8, 4) is 0 Å². The fourth-order valence-corrected chi connectivity index (χ4v) is 3.04. The van der Waals surface area contributed by atoms with Crippen molar-refractivity contribution in [1.82, 2.24) is 4.98 Å². The highest BCUT2D eigenvalue weighted by molar-refractivity contribution is 6.05. The molecule has 0 aliphatic rings. The molecule has 5 nitrogen and oxygen atoms in total. The number of ketones is 2. The second kappa shape index (κ2) is 8.00. The van der Waals surface area contributed by atoms with Gasteiger partial charge in [0.15, 0.2) is 11.9 Å². The van der Waals surface area contributed by atoms with Gasteiger partial charge in [-0.15, -0.1) is 0 Å². The number of benzene rings is 1. The number of aromatic nitrogens is 1. The number of hydrogen-bond donors (Lipinski definition) is 1. The third-order valence-electron chi connectivity index (χ3n) is 4.32. The van der Waals surface area contributed by atoms with E-state index >= 15 is 0 Å². The van der Waals surface area contributed by atoms with Crippen LogP contribution in [0.3, 0.4) is 0 Å². The highest BCUT2D eigenvalue weighted by Crippen LogP contribution is 2.29. The van der Waals surface area contributed by atoms with Gasteiger partial charge in [0.1, 0.15) is 0 Å². The molecule has 0 amide bonds. The highest BCUT2D eigenvalue weighted by Gasteiger charge is 2.31. The Morgan fingerprint density at radius 1 is 1.18 bits per heavy atom. The van der Waals surface area contributed by atoms with E-state index in [2.05, 4.69) is 4.98 Å². The molecule has 0 spiro atoms. The summed E-state index contributed by atoms with van der Waals surface area (Å²) in [7, 11) is 0. The Bertz CT molecular complexity index is 928. The van der Waals surface area contributed by atoms with Gasteiger partial charge in [-0.1, -0.05) is 18.2 Å². The van der Waals surface area contributed by atoms with Gasteiger partial charge >= 0.3 is 12.1 Å². The lowest BCUT2D eigenvalue weighted by Gasteiger charge is -2.13. The van der Waals surface area contributed by atoms with Crippen molar-refractivity contribution in [3.05, 3.63) is 57.9 Å².